The highest BCUT2D eigenvalue weighted by molar-refractivity contribution is 7.98. The Kier molecular flexibility index (Phi) is 6.31. The summed E-state index contributed by atoms with van der Waals surface area (Å²) in [6.07, 6.45) is 3.49. The van der Waals surface area contributed by atoms with Crippen LogP contribution in [0.15, 0.2) is 11.2 Å². The zero-order valence-corrected chi connectivity index (χ0v) is 13.4. The molecule has 0 spiro atoms. The Morgan fingerprint density at radius 2 is 2.11 bits per heavy atom. The Hall–Kier alpha value is -0.570. The molecule has 6 nitrogen and oxygen atoms in total. The number of thioether (sulfide) groups is 1. The minimum absolute atomic E-state index is 0.116. The van der Waals surface area contributed by atoms with E-state index in [4.69, 9.17) is 0 Å². The summed E-state index contributed by atoms with van der Waals surface area (Å²) in [5, 5.41) is 9.73. The number of hydrogen-bond donors (Lipinski definition) is 3. The fraction of sp³-hybridized carbons (Fsp3) is 0.727. The highest BCUT2D eigenvalue weighted by Gasteiger charge is 2.22. The molecular weight excluding hydrogens is 284 g/mol. The van der Waals surface area contributed by atoms with Crippen LogP contribution < -0.4 is 10.0 Å². The van der Waals surface area contributed by atoms with Crippen LogP contribution in [0, 0.1) is 0 Å². The van der Waals surface area contributed by atoms with Crippen LogP contribution >= 0.6 is 11.8 Å². The number of nitrogens with zero attached hydrogens (tertiary/aromatic N) is 1. The summed E-state index contributed by atoms with van der Waals surface area (Å²) in [7, 11) is -3.54. The van der Waals surface area contributed by atoms with E-state index < -0.39 is 10.0 Å². The Morgan fingerprint density at radius 3 is 2.68 bits per heavy atom. The van der Waals surface area contributed by atoms with Gasteiger partial charge < -0.3 is 5.32 Å². The van der Waals surface area contributed by atoms with E-state index in [9.17, 15) is 8.42 Å². The molecule has 1 aromatic rings. The van der Waals surface area contributed by atoms with E-state index in [0.717, 1.165) is 5.75 Å². The largest absolute Gasteiger partial charge is 0.310 e. The van der Waals surface area contributed by atoms with Crippen LogP contribution in [0.4, 0.5) is 0 Å². The lowest BCUT2D eigenvalue weighted by molar-refractivity contribution is 0.557. The van der Waals surface area contributed by atoms with Gasteiger partial charge in [0.25, 0.3) is 10.0 Å². The predicted octanol–water partition coefficient (Wildman–Crippen LogP) is 0.937. The van der Waals surface area contributed by atoms with Gasteiger partial charge >= 0.3 is 0 Å². The van der Waals surface area contributed by atoms with E-state index in [2.05, 4.69) is 20.2 Å². The van der Waals surface area contributed by atoms with Gasteiger partial charge in [-0.15, -0.1) is 0 Å². The van der Waals surface area contributed by atoms with Gasteiger partial charge in [-0.05, 0) is 13.2 Å². The smallest absolute Gasteiger partial charge is 0.258 e. The van der Waals surface area contributed by atoms with E-state index >= 15 is 0 Å². The Morgan fingerprint density at radius 1 is 1.42 bits per heavy atom. The van der Waals surface area contributed by atoms with Gasteiger partial charge in [0.05, 0.1) is 6.20 Å². The van der Waals surface area contributed by atoms with Crippen molar-refractivity contribution < 1.29 is 8.42 Å². The number of aromatic amines is 1. The van der Waals surface area contributed by atoms with Gasteiger partial charge in [0.2, 0.25) is 0 Å². The van der Waals surface area contributed by atoms with Crippen LogP contribution in [0.1, 0.15) is 26.3 Å². The standard InChI is InChI=1S/C11H22N4O2S2/c1-8(2)12-5-10-6-13-14-11(10)19(16,17)15-9(3)7-18-4/h6,8-9,12,15H,5,7H2,1-4H3,(H,13,14). The molecule has 19 heavy (non-hydrogen) atoms. The van der Waals surface area contributed by atoms with Gasteiger partial charge in [-0.1, -0.05) is 13.8 Å². The molecule has 0 bridgehead atoms. The summed E-state index contributed by atoms with van der Waals surface area (Å²) < 4.78 is 27.1. The molecule has 0 amide bonds. The molecule has 0 radical (unpaired) electrons. The SMILES string of the molecule is CSCC(C)NS(=O)(=O)c1[nH]ncc1CNC(C)C. The second-order valence-corrected chi connectivity index (χ2v) is 7.30. The minimum Gasteiger partial charge on any atom is -0.310 e. The fourth-order valence-corrected chi connectivity index (χ4v) is 3.64. The molecule has 1 aromatic heterocycles. The van der Waals surface area contributed by atoms with Crippen LogP contribution in [0.25, 0.3) is 0 Å². The summed E-state index contributed by atoms with van der Waals surface area (Å²) >= 11 is 1.60. The summed E-state index contributed by atoms with van der Waals surface area (Å²) in [6, 6.07) is 0.169. The fourth-order valence-electron chi connectivity index (χ4n) is 1.58. The molecule has 0 aromatic carbocycles. The van der Waals surface area contributed by atoms with Crippen LogP contribution in [-0.2, 0) is 16.6 Å². The van der Waals surface area contributed by atoms with Gasteiger partial charge in [-0.25, -0.2) is 13.1 Å². The lowest BCUT2D eigenvalue weighted by Gasteiger charge is -2.13. The van der Waals surface area contributed by atoms with Crippen molar-refractivity contribution >= 4 is 21.8 Å². The van der Waals surface area contributed by atoms with Gasteiger partial charge in [0.1, 0.15) is 0 Å². The second-order valence-electron chi connectivity index (χ2n) is 4.74. The topological polar surface area (TPSA) is 86.9 Å². The lowest BCUT2D eigenvalue weighted by Crippen LogP contribution is -2.35. The zero-order valence-electron chi connectivity index (χ0n) is 11.7. The maximum absolute atomic E-state index is 12.2. The maximum atomic E-state index is 12.2. The number of sulfonamides is 1. The molecule has 8 heteroatoms. The van der Waals surface area contributed by atoms with Crippen molar-refractivity contribution in [1.29, 1.82) is 0 Å². The van der Waals surface area contributed by atoms with Crippen LogP contribution in [0.2, 0.25) is 0 Å². The molecular formula is C11H22N4O2S2. The van der Waals surface area contributed by atoms with E-state index in [1.807, 2.05) is 27.0 Å². The first kappa shape index (κ1) is 16.5. The van der Waals surface area contributed by atoms with Crippen LogP contribution in [0.3, 0.4) is 0 Å². The molecule has 1 heterocycles. The average Bonchev–Trinajstić information content (AvgIpc) is 2.74. The predicted molar refractivity (Wildman–Crippen MR) is 78.7 cm³/mol. The minimum atomic E-state index is -3.54. The number of rotatable bonds is 8. The molecule has 110 valence electrons. The molecule has 0 aliphatic carbocycles. The summed E-state index contributed by atoms with van der Waals surface area (Å²) in [6.45, 7) is 6.33. The molecule has 1 atom stereocenters. The van der Waals surface area contributed by atoms with E-state index in [1.54, 1.807) is 18.0 Å². The second kappa shape index (κ2) is 7.28. The van der Waals surface area contributed by atoms with Crippen molar-refractivity contribution in [3.8, 4) is 0 Å². The first-order valence-electron chi connectivity index (χ1n) is 6.13. The molecule has 0 aliphatic heterocycles. The van der Waals surface area contributed by atoms with Crippen molar-refractivity contribution in [2.24, 2.45) is 0 Å². The van der Waals surface area contributed by atoms with Gasteiger partial charge in [-0.2, -0.15) is 16.9 Å². The molecule has 1 rings (SSSR count). The molecule has 1 unspecified atom stereocenters. The van der Waals surface area contributed by atoms with Crippen LogP contribution in [0.5, 0.6) is 0 Å². The van der Waals surface area contributed by atoms with Crippen molar-refractivity contribution in [1.82, 2.24) is 20.2 Å². The van der Waals surface area contributed by atoms with Crippen molar-refractivity contribution in [3.63, 3.8) is 0 Å². The first-order chi connectivity index (χ1) is 8.86. The lowest BCUT2D eigenvalue weighted by atomic mass is 10.3. The third-order valence-electron chi connectivity index (χ3n) is 2.42. The van der Waals surface area contributed by atoms with Gasteiger partial charge in [-0.3, -0.25) is 5.10 Å². The molecule has 0 fully saturated rings. The van der Waals surface area contributed by atoms with Crippen molar-refractivity contribution in [2.45, 2.75) is 44.4 Å². The highest BCUT2D eigenvalue weighted by Crippen LogP contribution is 2.13. The number of nitrogens with one attached hydrogen (secondary N) is 3. The quantitative estimate of drug-likeness (QED) is 0.665. The first-order valence-corrected chi connectivity index (χ1v) is 9.01. The van der Waals surface area contributed by atoms with E-state index in [0.29, 0.717) is 12.1 Å². The number of hydrogen-bond acceptors (Lipinski definition) is 5. The third-order valence-corrected chi connectivity index (χ3v) is 4.86. The Bertz CT molecular complexity index is 485. The zero-order chi connectivity index (χ0) is 14.5. The van der Waals surface area contributed by atoms with Gasteiger partial charge in [0, 0.05) is 29.9 Å². The van der Waals surface area contributed by atoms with Crippen molar-refractivity contribution in [3.05, 3.63) is 11.8 Å². The normalized spacial score (nSPS) is 13.9. The summed E-state index contributed by atoms with van der Waals surface area (Å²) in [4.78, 5) is 0. The number of aromatic nitrogens is 2. The number of H-pyrrole nitrogens is 1. The van der Waals surface area contributed by atoms with Crippen molar-refractivity contribution in [2.75, 3.05) is 12.0 Å². The Labute approximate surface area is 119 Å². The maximum Gasteiger partial charge on any atom is 0.258 e. The Balaban J connectivity index is 2.81. The van der Waals surface area contributed by atoms with E-state index in [-0.39, 0.29) is 17.1 Å². The van der Waals surface area contributed by atoms with Gasteiger partial charge in [0.15, 0.2) is 5.03 Å². The summed E-state index contributed by atoms with van der Waals surface area (Å²) in [5.74, 6) is 0.729. The molecule has 0 saturated carbocycles. The average molecular weight is 306 g/mol. The molecule has 0 saturated heterocycles. The summed E-state index contributed by atoms with van der Waals surface area (Å²) in [5.41, 5.74) is 0.651. The molecule has 0 aliphatic rings. The highest BCUT2D eigenvalue weighted by atomic mass is 32.2. The monoisotopic (exact) mass is 306 g/mol. The van der Waals surface area contributed by atoms with Crippen LogP contribution in [-0.4, -0.2) is 42.7 Å². The van der Waals surface area contributed by atoms with E-state index in [1.165, 1.54) is 0 Å². The third kappa shape index (κ3) is 5.13. The molecule has 3 N–H and O–H groups in total.